The van der Waals surface area contributed by atoms with Gasteiger partial charge in [0.1, 0.15) is 0 Å². The van der Waals surface area contributed by atoms with Crippen molar-refractivity contribution in [2.24, 2.45) is 0 Å². The summed E-state index contributed by atoms with van der Waals surface area (Å²) in [6, 6.07) is 28.6. The Balaban J connectivity index is 1.39. The topological polar surface area (TPSA) is 107 Å². The largest absolute Gasteiger partial charge is 0.353 e. The van der Waals surface area contributed by atoms with Crippen molar-refractivity contribution in [3.63, 3.8) is 0 Å². The summed E-state index contributed by atoms with van der Waals surface area (Å²) in [4.78, 5) is 30.7. The molecule has 1 aliphatic heterocycles. The number of thioether (sulfide) groups is 1. The molecule has 0 saturated carbocycles. The lowest BCUT2D eigenvalue weighted by molar-refractivity contribution is -0.114. The van der Waals surface area contributed by atoms with Gasteiger partial charge in [0.15, 0.2) is 5.13 Å². The number of carbonyl (C=O) groups is 2. The molecule has 38 heavy (non-hydrogen) atoms. The second kappa shape index (κ2) is 11.3. The Hall–Kier alpha value is -4.39. The van der Waals surface area contributed by atoms with Crippen molar-refractivity contribution in [2.75, 3.05) is 16.4 Å². The molecule has 0 saturated heterocycles. The fourth-order valence-corrected chi connectivity index (χ4v) is 6.02. The van der Waals surface area contributed by atoms with Crippen LogP contribution in [0, 0.1) is 11.3 Å². The third-order valence-corrected chi connectivity index (χ3v) is 7.91. The van der Waals surface area contributed by atoms with Crippen molar-refractivity contribution < 1.29 is 9.59 Å². The van der Waals surface area contributed by atoms with Crippen molar-refractivity contribution in [1.29, 1.82) is 5.26 Å². The number of nitriles is 1. The highest BCUT2D eigenvalue weighted by Gasteiger charge is 2.34. The zero-order valence-corrected chi connectivity index (χ0v) is 22.0. The zero-order chi connectivity index (χ0) is 26.5. The highest BCUT2D eigenvalue weighted by atomic mass is 32.2. The van der Waals surface area contributed by atoms with Gasteiger partial charge in [-0.3, -0.25) is 9.59 Å². The summed E-state index contributed by atoms with van der Waals surface area (Å²) in [6.07, 6.45) is 0. The Bertz CT molecular complexity index is 1570. The van der Waals surface area contributed by atoms with Crippen molar-refractivity contribution in [3.8, 4) is 6.07 Å². The third-order valence-electron chi connectivity index (χ3n) is 5.94. The molecule has 1 aromatic heterocycles. The van der Waals surface area contributed by atoms with E-state index in [-0.39, 0.29) is 17.6 Å². The minimum absolute atomic E-state index is 0.0732. The van der Waals surface area contributed by atoms with Crippen molar-refractivity contribution >= 4 is 55.9 Å². The van der Waals surface area contributed by atoms with Crippen LogP contribution in [-0.4, -0.2) is 22.6 Å². The monoisotopic (exact) mass is 537 g/mol. The molecule has 0 bridgehead atoms. The SMILES string of the molecule is CC1=C(C(=O)Nc2ccccc2)C(c2ccccc2)C(C#N)=C(SCC(=O)Nc2nc3ccccc3s2)N1. The number of dihydropyridines is 1. The van der Waals surface area contributed by atoms with Crippen LogP contribution in [0.3, 0.4) is 0 Å². The number of para-hydroxylation sites is 2. The van der Waals surface area contributed by atoms with E-state index in [4.69, 9.17) is 0 Å². The second-order valence-electron chi connectivity index (χ2n) is 8.51. The first kappa shape index (κ1) is 25.3. The van der Waals surface area contributed by atoms with Gasteiger partial charge in [-0.25, -0.2) is 4.98 Å². The van der Waals surface area contributed by atoms with Gasteiger partial charge in [-0.15, -0.1) is 0 Å². The van der Waals surface area contributed by atoms with Crippen LogP contribution < -0.4 is 16.0 Å². The highest BCUT2D eigenvalue weighted by Crippen LogP contribution is 2.41. The Morgan fingerprint density at radius 2 is 1.68 bits per heavy atom. The summed E-state index contributed by atoms with van der Waals surface area (Å²) in [5.74, 6) is -1.03. The number of carbonyl (C=O) groups excluding carboxylic acids is 2. The average molecular weight is 538 g/mol. The number of fused-ring (bicyclic) bond motifs is 1. The summed E-state index contributed by atoms with van der Waals surface area (Å²) in [5, 5.41) is 20.3. The summed E-state index contributed by atoms with van der Waals surface area (Å²) in [5.41, 5.74) is 3.79. The molecule has 5 rings (SSSR count). The number of nitrogens with zero attached hydrogens (tertiary/aromatic N) is 2. The zero-order valence-electron chi connectivity index (χ0n) is 20.4. The Kier molecular flexibility index (Phi) is 7.54. The summed E-state index contributed by atoms with van der Waals surface area (Å²) < 4.78 is 0.992. The Morgan fingerprint density at radius 3 is 2.39 bits per heavy atom. The first-order chi connectivity index (χ1) is 18.5. The summed E-state index contributed by atoms with van der Waals surface area (Å²) >= 11 is 2.64. The van der Waals surface area contributed by atoms with E-state index in [1.54, 1.807) is 0 Å². The van der Waals surface area contributed by atoms with Crippen molar-refractivity contribution in [1.82, 2.24) is 10.3 Å². The Labute approximate surface area is 228 Å². The second-order valence-corrected chi connectivity index (χ2v) is 10.5. The highest BCUT2D eigenvalue weighted by molar-refractivity contribution is 8.03. The van der Waals surface area contributed by atoms with E-state index < -0.39 is 5.92 Å². The molecule has 1 unspecified atom stereocenters. The standard InChI is InChI=1S/C29H23N5O2S2/c1-18-25(27(36)32-20-12-6-3-7-13-20)26(19-10-4-2-5-11-19)21(16-30)28(31-18)37-17-24(35)34-29-33-22-14-8-9-15-23(22)38-29/h2-15,26,31H,17H2,1H3,(H,32,36)(H,33,34,35). The van der Waals surface area contributed by atoms with E-state index in [0.29, 0.717) is 32.7 Å². The van der Waals surface area contributed by atoms with E-state index in [0.717, 1.165) is 15.8 Å². The quantitative estimate of drug-likeness (QED) is 0.267. The van der Waals surface area contributed by atoms with E-state index >= 15 is 0 Å². The lowest BCUT2D eigenvalue weighted by atomic mass is 9.82. The van der Waals surface area contributed by atoms with Crippen LogP contribution in [0.4, 0.5) is 10.8 Å². The number of hydrogen-bond donors (Lipinski definition) is 3. The molecule has 4 aromatic rings. The molecule has 0 spiro atoms. The minimum Gasteiger partial charge on any atom is -0.353 e. The fourth-order valence-electron chi connectivity index (χ4n) is 4.24. The number of rotatable bonds is 7. The smallest absolute Gasteiger partial charge is 0.254 e. The molecule has 1 aliphatic rings. The van der Waals surface area contributed by atoms with E-state index in [1.165, 1.54) is 23.1 Å². The number of thiazole rings is 1. The van der Waals surface area contributed by atoms with Crippen LogP contribution in [-0.2, 0) is 9.59 Å². The van der Waals surface area contributed by atoms with Gasteiger partial charge in [0.05, 0.1) is 38.6 Å². The fraction of sp³-hybridized carbons (Fsp3) is 0.103. The van der Waals surface area contributed by atoms with E-state index in [2.05, 4.69) is 27.0 Å². The van der Waals surface area contributed by atoms with E-state index in [9.17, 15) is 14.9 Å². The van der Waals surface area contributed by atoms with Crippen molar-refractivity contribution in [2.45, 2.75) is 12.8 Å². The number of allylic oxidation sites excluding steroid dienone is 2. The van der Waals surface area contributed by atoms with Crippen LogP contribution in [0.25, 0.3) is 10.2 Å². The molecule has 3 aromatic carbocycles. The van der Waals surface area contributed by atoms with Gasteiger partial charge >= 0.3 is 0 Å². The van der Waals surface area contributed by atoms with Gasteiger partial charge in [-0.2, -0.15) is 5.26 Å². The molecule has 9 heteroatoms. The predicted molar refractivity (Wildman–Crippen MR) is 153 cm³/mol. The van der Waals surface area contributed by atoms with Gasteiger partial charge in [0, 0.05) is 17.0 Å². The van der Waals surface area contributed by atoms with Gasteiger partial charge in [0.2, 0.25) is 5.91 Å². The van der Waals surface area contributed by atoms with Crippen LogP contribution >= 0.6 is 23.1 Å². The molecule has 0 radical (unpaired) electrons. The maximum Gasteiger partial charge on any atom is 0.254 e. The van der Waals surface area contributed by atoms with Crippen LogP contribution in [0.15, 0.2) is 107 Å². The van der Waals surface area contributed by atoms with Gasteiger partial charge in [-0.1, -0.05) is 83.8 Å². The molecular weight excluding hydrogens is 514 g/mol. The van der Waals surface area contributed by atoms with Gasteiger partial charge in [-0.05, 0) is 36.8 Å². The number of aromatic nitrogens is 1. The number of anilines is 2. The van der Waals surface area contributed by atoms with Gasteiger partial charge in [0.25, 0.3) is 5.91 Å². The van der Waals surface area contributed by atoms with Crippen molar-refractivity contribution in [3.05, 3.63) is 112 Å². The average Bonchev–Trinajstić information content (AvgIpc) is 3.34. The molecule has 188 valence electrons. The number of benzene rings is 3. The minimum atomic E-state index is -0.582. The van der Waals surface area contributed by atoms with Crippen LogP contribution in [0.2, 0.25) is 0 Å². The Morgan fingerprint density at radius 1 is 1.00 bits per heavy atom. The molecule has 2 heterocycles. The first-order valence-corrected chi connectivity index (χ1v) is 13.7. The first-order valence-electron chi connectivity index (χ1n) is 11.8. The molecule has 3 N–H and O–H groups in total. The van der Waals surface area contributed by atoms with Crippen LogP contribution in [0.1, 0.15) is 18.4 Å². The molecule has 7 nitrogen and oxygen atoms in total. The molecule has 1 atom stereocenters. The lowest BCUT2D eigenvalue weighted by Gasteiger charge is -2.29. The summed E-state index contributed by atoms with van der Waals surface area (Å²) in [6.45, 7) is 1.81. The maximum atomic E-state index is 13.5. The predicted octanol–water partition coefficient (Wildman–Crippen LogP) is 6.00. The summed E-state index contributed by atoms with van der Waals surface area (Å²) in [7, 11) is 0. The molecule has 0 fully saturated rings. The van der Waals surface area contributed by atoms with Crippen LogP contribution in [0.5, 0.6) is 0 Å². The maximum absolute atomic E-state index is 13.5. The number of amides is 2. The normalized spacial score (nSPS) is 15.1. The number of hydrogen-bond acceptors (Lipinski definition) is 7. The lowest BCUT2D eigenvalue weighted by Crippen LogP contribution is -2.31. The number of nitrogens with one attached hydrogen (secondary N) is 3. The molecule has 2 amide bonds. The van der Waals surface area contributed by atoms with Gasteiger partial charge < -0.3 is 16.0 Å². The molecule has 0 aliphatic carbocycles. The molecular formula is C29H23N5O2S2. The third kappa shape index (κ3) is 5.47. The van der Waals surface area contributed by atoms with E-state index in [1.807, 2.05) is 91.9 Å².